The molecule has 4 heteroatoms. The van der Waals surface area contributed by atoms with Crippen molar-refractivity contribution in [1.82, 2.24) is 9.97 Å². The first-order valence-corrected chi connectivity index (χ1v) is 8.04. The molecule has 2 nitrogen and oxygen atoms in total. The number of halogens is 1. The average Bonchev–Trinajstić information content (AvgIpc) is 2.34. The van der Waals surface area contributed by atoms with Crippen molar-refractivity contribution in [3.63, 3.8) is 0 Å². The number of benzene rings is 1. The molecule has 1 heterocycles. The van der Waals surface area contributed by atoms with Crippen LogP contribution in [0.3, 0.4) is 0 Å². The van der Waals surface area contributed by atoms with E-state index in [0.29, 0.717) is 11.1 Å². The summed E-state index contributed by atoms with van der Waals surface area (Å²) in [6.07, 6.45) is 1.54. The molecule has 0 radical (unpaired) electrons. The van der Waals surface area contributed by atoms with Gasteiger partial charge in [-0.2, -0.15) is 0 Å². The van der Waals surface area contributed by atoms with Gasteiger partial charge in [0.1, 0.15) is 16.5 Å². The first-order chi connectivity index (χ1) is 9.47. The van der Waals surface area contributed by atoms with Crippen LogP contribution in [0.15, 0.2) is 29.6 Å². The van der Waals surface area contributed by atoms with Gasteiger partial charge < -0.3 is 0 Å². The first-order valence-electron chi connectivity index (χ1n) is 6.67. The second-order valence-electron chi connectivity index (χ2n) is 5.32. The van der Waals surface area contributed by atoms with Gasteiger partial charge in [-0.25, -0.2) is 9.97 Å². The highest BCUT2D eigenvalue weighted by Gasteiger charge is 2.14. The highest BCUT2D eigenvalue weighted by molar-refractivity contribution is 7.98. The predicted molar refractivity (Wildman–Crippen MR) is 86.6 cm³/mol. The Labute approximate surface area is 130 Å². The van der Waals surface area contributed by atoms with Crippen molar-refractivity contribution in [1.29, 1.82) is 0 Å². The summed E-state index contributed by atoms with van der Waals surface area (Å²) in [7, 11) is 0. The smallest absolute Gasteiger partial charge is 0.137 e. The zero-order chi connectivity index (χ0) is 14.7. The third kappa shape index (κ3) is 3.74. The number of aromatic nitrogens is 2. The van der Waals surface area contributed by atoms with Gasteiger partial charge in [0.25, 0.3) is 0 Å². The maximum absolute atomic E-state index is 6.19. The van der Waals surface area contributed by atoms with Crippen molar-refractivity contribution in [3.8, 4) is 0 Å². The fourth-order valence-corrected chi connectivity index (χ4v) is 3.75. The molecule has 106 valence electrons. The minimum Gasteiger partial charge on any atom is -0.230 e. The monoisotopic (exact) mass is 306 g/mol. The van der Waals surface area contributed by atoms with E-state index in [1.165, 1.54) is 23.0 Å². The molecule has 2 rings (SSSR count). The second kappa shape index (κ2) is 6.59. The van der Waals surface area contributed by atoms with Crippen molar-refractivity contribution < 1.29 is 0 Å². The zero-order valence-electron chi connectivity index (χ0n) is 12.3. The Hall–Kier alpha value is -1.06. The lowest BCUT2D eigenvalue weighted by atomic mass is 10.1. The van der Waals surface area contributed by atoms with Crippen LogP contribution >= 0.6 is 23.4 Å². The van der Waals surface area contributed by atoms with Gasteiger partial charge >= 0.3 is 0 Å². The summed E-state index contributed by atoms with van der Waals surface area (Å²) in [6.45, 7) is 8.49. The number of thioether (sulfide) groups is 1. The van der Waals surface area contributed by atoms with Crippen LogP contribution in [0.4, 0.5) is 0 Å². The average molecular weight is 307 g/mol. The van der Waals surface area contributed by atoms with E-state index in [4.69, 9.17) is 11.6 Å². The minimum absolute atomic E-state index is 0.324. The van der Waals surface area contributed by atoms with Crippen molar-refractivity contribution >= 4 is 23.4 Å². The van der Waals surface area contributed by atoms with Gasteiger partial charge in [0.15, 0.2) is 0 Å². The minimum atomic E-state index is 0.324. The lowest BCUT2D eigenvalue weighted by Crippen LogP contribution is -1.98. The SMILES string of the molecule is Cc1cc(C)cc(CSc2ncnc(Cl)c2C(C)C)c1. The molecule has 0 saturated carbocycles. The molecular formula is C16H19ClN2S. The molecule has 0 spiro atoms. The fraction of sp³-hybridized carbons (Fsp3) is 0.375. The van der Waals surface area contributed by atoms with Crippen LogP contribution in [0.1, 0.15) is 42.0 Å². The van der Waals surface area contributed by atoms with Gasteiger partial charge in [0.2, 0.25) is 0 Å². The molecule has 0 bridgehead atoms. The zero-order valence-corrected chi connectivity index (χ0v) is 13.8. The quantitative estimate of drug-likeness (QED) is 0.576. The Morgan fingerprint density at radius 2 is 1.75 bits per heavy atom. The van der Waals surface area contributed by atoms with Crippen LogP contribution in [-0.4, -0.2) is 9.97 Å². The van der Waals surface area contributed by atoms with Crippen LogP contribution in [0.2, 0.25) is 5.15 Å². The number of nitrogens with zero attached hydrogens (tertiary/aromatic N) is 2. The maximum Gasteiger partial charge on any atom is 0.137 e. The van der Waals surface area contributed by atoms with Gasteiger partial charge in [0.05, 0.1) is 0 Å². The normalized spacial score (nSPS) is 11.1. The van der Waals surface area contributed by atoms with Gasteiger partial charge in [-0.05, 0) is 25.3 Å². The third-order valence-electron chi connectivity index (χ3n) is 3.03. The Kier molecular flexibility index (Phi) is 5.06. The lowest BCUT2D eigenvalue weighted by Gasteiger charge is -2.12. The molecule has 0 aliphatic rings. The summed E-state index contributed by atoms with van der Waals surface area (Å²) in [5, 5.41) is 1.55. The van der Waals surface area contributed by atoms with E-state index in [2.05, 4.69) is 55.9 Å². The largest absolute Gasteiger partial charge is 0.230 e. The van der Waals surface area contributed by atoms with Crippen LogP contribution in [-0.2, 0) is 5.75 Å². The second-order valence-corrected chi connectivity index (χ2v) is 6.64. The molecule has 0 amide bonds. The van der Waals surface area contributed by atoms with Gasteiger partial charge in [-0.15, -0.1) is 11.8 Å². The topological polar surface area (TPSA) is 25.8 Å². The van der Waals surface area contributed by atoms with E-state index in [1.807, 2.05) is 0 Å². The standard InChI is InChI=1S/C16H19ClN2S/c1-10(2)14-15(17)18-9-19-16(14)20-8-13-6-11(3)5-12(4)7-13/h5-7,9-10H,8H2,1-4H3. The number of aryl methyl sites for hydroxylation is 2. The highest BCUT2D eigenvalue weighted by atomic mass is 35.5. The maximum atomic E-state index is 6.19. The van der Waals surface area contributed by atoms with E-state index in [-0.39, 0.29) is 0 Å². The molecule has 0 atom stereocenters. The Morgan fingerprint density at radius 3 is 2.35 bits per heavy atom. The summed E-state index contributed by atoms with van der Waals surface area (Å²) in [4.78, 5) is 8.47. The van der Waals surface area contributed by atoms with E-state index >= 15 is 0 Å². The molecule has 0 fully saturated rings. The van der Waals surface area contributed by atoms with E-state index < -0.39 is 0 Å². The number of hydrogen-bond donors (Lipinski definition) is 0. The summed E-state index contributed by atoms with van der Waals surface area (Å²) < 4.78 is 0. The van der Waals surface area contributed by atoms with Crippen LogP contribution in [0.5, 0.6) is 0 Å². The van der Waals surface area contributed by atoms with Crippen LogP contribution < -0.4 is 0 Å². The van der Waals surface area contributed by atoms with E-state index in [0.717, 1.165) is 16.3 Å². The summed E-state index contributed by atoms with van der Waals surface area (Å²) in [5.41, 5.74) is 4.95. The molecule has 1 aromatic carbocycles. The van der Waals surface area contributed by atoms with E-state index in [9.17, 15) is 0 Å². The van der Waals surface area contributed by atoms with Crippen LogP contribution in [0, 0.1) is 13.8 Å². The molecule has 1 aromatic heterocycles. The Bertz CT molecular complexity index is 591. The van der Waals surface area contributed by atoms with Gasteiger partial charge in [-0.1, -0.05) is 54.8 Å². The first kappa shape index (κ1) is 15.3. The predicted octanol–water partition coefficient (Wildman–Crippen LogP) is 5.16. The summed E-state index contributed by atoms with van der Waals surface area (Å²) in [5.74, 6) is 1.22. The third-order valence-corrected chi connectivity index (χ3v) is 4.41. The van der Waals surface area contributed by atoms with Gasteiger partial charge in [0, 0.05) is 11.3 Å². The fourth-order valence-electron chi connectivity index (χ4n) is 2.26. The molecule has 0 unspecified atom stereocenters. The molecule has 0 saturated heterocycles. The molecule has 0 N–H and O–H groups in total. The molecular weight excluding hydrogens is 288 g/mol. The molecule has 20 heavy (non-hydrogen) atoms. The highest BCUT2D eigenvalue weighted by Crippen LogP contribution is 2.32. The number of rotatable bonds is 4. The van der Waals surface area contributed by atoms with Gasteiger partial charge in [-0.3, -0.25) is 0 Å². The molecule has 0 aliphatic carbocycles. The van der Waals surface area contributed by atoms with Crippen molar-refractivity contribution in [2.45, 2.75) is 44.4 Å². The Balaban J connectivity index is 2.21. The lowest BCUT2D eigenvalue weighted by molar-refractivity contribution is 0.802. The summed E-state index contributed by atoms with van der Waals surface area (Å²) >= 11 is 7.92. The van der Waals surface area contributed by atoms with Crippen molar-refractivity contribution in [2.24, 2.45) is 0 Å². The molecule has 2 aromatic rings. The van der Waals surface area contributed by atoms with Crippen molar-refractivity contribution in [3.05, 3.63) is 51.9 Å². The number of hydrogen-bond acceptors (Lipinski definition) is 3. The molecule has 0 aliphatic heterocycles. The van der Waals surface area contributed by atoms with E-state index in [1.54, 1.807) is 11.8 Å². The van der Waals surface area contributed by atoms with Crippen LogP contribution in [0.25, 0.3) is 0 Å². The Morgan fingerprint density at radius 1 is 1.10 bits per heavy atom. The summed E-state index contributed by atoms with van der Waals surface area (Å²) in [6, 6.07) is 6.63. The van der Waals surface area contributed by atoms with Crippen molar-refractivity contribution in [2.75, 3.05) is 0 Å².